The Morgan fingerprint density at radius 1 is 0.815 bits per heavy atom. The number of piperidine rings is 1. The molecule has 27 heavy (non-hydrogen) atoms. The van der Waals surface area contributed by atoms with Gasteiger partial charge < -0.3 is 0 Å². The average Bonchev–Trinajstić information content (AvgIpc) is 3.00. The van der Waals surface area contributed by atoms with Crippen molar-refractivity contribution >= 4 is 10.9 Å². The normalized spacial score (nSPS) is 23.6. The number of nitrogens with zero attached hydrogens (tertiary/aromatic N) is 3. The molecule has 3 nitrogen and oxygen atoms in total. The fraction of sp³-hybridized carbons (Fsp3) is 0.375. The maximum atomic E-state index is 4.53. The highest BCUT2D eigenvalue weighted by molar-refractivity contribution is 5.81. The van der Waals surface area contributed by atoms with Crippen molar-refractivity contribution in [2.75, 3.05) is 19.6 Å². The molecule has 0 unspecified atom stereocenters. The summed E-state index contributed by atoms with van der Waals surface area (Å²) < 4.78 is 0. The van der Waals surface area contributed by atoms with Gasteiger partial charge in [0.25, 0.3) is 0 Å². The first-order chi connectivity index (χ1) is 13.3. The van der Waals surface area contributed by atoms with Crippen LogP contribution in [0, 0.1) is 5.92 Å². The first-order valence-corrected chi connectivity index (χ1v) is 10.2. The van der Waals surface area contributed by atoms with Crippen LogP contribution in [0.5, 0.6) is 0 Å². The third-order valence-electron chi connectivity index (χ3n) is 6.26. The molecule has 0 aliphatic carbocycles. The second kappa shape index (κ2) is 7.41. The van der Waals surface area contributed by atoms with Crippen LogP contribution in [-0.4, -0.2) is 40.5 Å². The predicted octanol–water partition coefficient (Wildman–Crippen LogP) is 4.33. The summed E-state index contributed by atoms with van der Waals surface area (Å²) in [4.78, 5) is 9.95. The Morgan fingerprint density at radius 2 is 1.74 bits per heavy atom. The predicted molar refractivity (Wildman–Crippen MR) is 110 cm³/mol. The second-order valence-electron chi connectivity index (χ2n) is 8.19. The number of hydrogen-bond acceptors (Lipinski definition) is 3. The molecule has 3 aliphatic heterocycles. The van der Waals surface area contributed by atoms with Crippen molar-refractivity contribution in [3.63, 3.8) is 0 Å². The molecule has 0 radical (unpaired) electrons. The summed E-state index contributed by atoms with van der Waals surface area (Å²) in [5.74, 6) is 0.792. The Kier molecular flexibility index (Phi) is 4.64. The lowest BCUT2D eigenvalue weighted by atomic mass is 9.94. The van der Waals surface area contributed by atoms with Gasteiger partial charge in [-0.05, 0) is 42.0 Å². The molecule has 6 rings (SSSR count). The minimum atomic E-state index is 0.678. The van der Waals surface area contributed by atoms with Gasteiger partial charge in [0.1, 0.15) is 0 Å². The van der Waals surface area contributed by atoms with Crippen LogP contribution in [0.2, 0.25) is 0 Å². The highest BCUT2D eigenvalue weighted by atomic mass is 15.3. The lowest BCUT2D eigenvalue weighted by Gasteiger charge is -2.36. The van der Waals surface area contributed by atoms with E-state index >= 15 is 0 Å². The Bertz CT molecular complexity index is 902. The van der Waals surface area contributed by atoms with E-state index in [1.807, 2.05) is 6.20 Å². The van der Waals surface area contributed by atoms with Gasteiger partial charge in [0.2, 0.25) is 0 Å². The van der Waals surface area contributed by atoms with Crippen LogP contribution < -0.4 is 0 Å². The Balaban J connectivity index is 1.34. The highest BCUT2D eigenvalue weighted by Gasteiger charge is 2.34. The molecule has 2 aromatic carbocycles. The fourth-order valence-electron chi connectivity index (χ4n) is 4.96. The third kappa shape index (κ3) is 3.62. The largest absolute Gasteiger partial charge is 0.297 e. The molecule has 2 atom stereocenters. The van der Waals surface area contributed by atoms with Crippen molar-refractivity contribution < 1.29 is 0 Å². The van der Waals surface area contributed by atoms with E-state index in [2.05, 4.69) is 75.4 Å². The van der Waals surface area contributed by atoms with Crippen molar-refractivity contribution in [3.8, 4) is 0 Å². The zero-order valence-electron chi connectivity index (χ0n) is 15.8. The number of pyridine rings is 1. The molecule has 0 amide bonds. The topological polar surface area (TPSA) is 19.4 Å². The molecular formula is C24H27N3. The van der Waals surface area contributed by atoms with Gasteiger partial charge in [-0.3, -0.25) is 14.8 Å². The van der Waals surface area contributed by atoms with E-state index < -0.39 is 0 Å². The Hall–Kier alpha value is -2.23. The van der Waals surface area contributed by atoms with Gasteiger partial charge in [0, 0.05) is 50.3 Å². The van der Waals surface area contributed by atoms with Crippen LogP contribution in [0.15, 0.2) is 66.9 Å². The van der Waals surface area contributed by atoms with Crippen LogP contribution in [0.3, 0.4) is 0 Å². The van der Waals surface area contributed by atoms with Crippen molar-refractivity contribution in [2.24, 2.45) is 5.92 Å². The van der Waals surface area contributed by atoms with Gasteiger partial charge in [-0.1, -0.05) is 48.5 Å². The van der Waals surface area contributed by atoms with Crippen molar-refractivity contribution in [3.05, 3.63) is 78.0 Å². The molecule has 2 bridgehead atoms. The summed E-state index contributed by atoms with van der Waals surface area (Å²) in [6.07, 6.45) is 4.61. The number of fused-ring (bicyclic) bond motifs is 5. The molecule has 3 saturated heterocycles. The molecule has 0 saturated carbocycles. The van der Waals surface area contributed by atoms with E-state index in [0.29, 0.717) is 6.04 Å². The summed E-state index contributed by atoms with van der Waals surface area (Å²) in [6, 6.07) is 22.4. The molecule has 1 aromatic heterocycles. The van der Waals surface area contributed by atoms with Gasteiger partial charge in [-0.2, -0.15) is 0 Å². The highest BCUT2D eigenvalue weighted by Crippen LogP contribution is 2.30. The second-order valence-corrected chi connectivity index (χ2v) is 8.19. The maximum absolute atomic E-state index is 4.53. The van der Waals surface area contributed by atoms with E-state index in [1.165, 1.54) is 49.0 Å². The molecule has 3 fully saturated rings. The first kappa shape index (κ1) is 16.9. The van der Waals surface area contributed by atoms with Gasteiger partial charge in [0.15, 0.2) is 0 Å². The molecule has 138 valence electrons. The minimum Gasteiger partial charge on any atom is -0.297 e. The molecule has 0 spiro atoms. The monoisotopic (exact) mass is 357 g/mol. The zero-order valence-corrected chi connectivity index (χ0v) is 15.8. The van der Waals surface area contributed by atoms with E-state index in [-0.39, 0.29) is 0 Å². The molecule has 4 heterocycles. The van der Waals surface area contributed by atoms with Crippen molar-refractivity contribution in [1.29, 1.82) is 0 Å². The Morgan fingerprint density at radius 3 is 2.67 bits per heavy atom. The fourth-order valence-corrected chi connectivity index (χ4v) is 4.96. The summed E-state index contributed by atoms with van der Waals surface area (Å²) >= 11 is 0. The molecule has 3 aromatic rings. The van der Waals surface area contributed by atoms with E-state index in [0.717, 1.165) is 24.5 Å². The van der Waals surface area contributed by atoms with Gasteiger partial charge in [0.05, 0.1) is 5.52 Å². The smallest absolute Gasteiger partial charge is 0.0705 e. The van der Waals surface area contributed by atoms with Gasteiger partial charge >= 0.3 is 0 Å². The number of hydrogen-bond donors (Lipinski definition) is 0. The standard InChI is InChI=1S/C24H27N3/c1-2-6-19(7-3-1)15-27-16-20-11-12-22(27)18-26(14-20)17-21-8-4-10-24-23(21)9-5-13-25-24/h1-10,13,20,22H,11-12,14-18H2/t20-,22+/m1/s1. The van der Waals surface area contributed by atoms with E-state index in [1.54, 1.807) is 0 Å². The van der Waals surface area contributed by atoms with Crippen LogP contribution >= 0.6 is 0 Å². The molecule has 0 N–H and O–H groups in total. The average molecular weight is 358 g/mol. The van der Waals surface area contributed by atoms with Crippen molar-refractivity contribution in [2.45, 2.75) is 32.0 Å². The summed E-state index contributed by atoms with van der Waals surface area (Å²) in [5.41, 5.74) is 3.96. The van der Waals surface area contributed by atoms with Gasteiger partial charge in [-0.15, -0.1) is 0 Å². The zero-order chi connectivity index (χ0) is 18.1. The van der Waals surface area contributed by atoms with Crippen LogP contribution in [0.1, 0.15) is 24.0 Å². The van der Waals surface area contributed by atoms with E-state index in [4.69, 9.17) is 0 Å². The quantitative estimate of drug-likeness (QED) is 0.693. The summed E-state index contributed by atoms with van der Waals surface area (Å²) in [5, 5.41) is 1.30. The van der Waals surface area contributed by atoms with Crippen LogP contribution in [0.25, 0.3) is 10.9 Å². The summed E-state index contributed by atoms with van der Waals surface area (Å²) in [6.45, 7) is 5.77. The third-order valence-corrected chi connectivity index (χ3v) is 6.26. The SMILES string of the molecule is c1ccc(CN2C[C@@H]3CC[C@H]2CN(Cc2cccc4ncccc24)C3)cc1. The molecule has 3 aliphatic rings. The summed E-state index contributed by atoms with van der Waals surface area (Å²) in [7, 11) is 0. The first-order valence-electron chi connectivity index (χ1n) is 10.2. The number of benzene rings is 2. The Labute approximate surface area is 161 Å². The number of aromatic nitrogens is 1. The van der Waals surface area contributed by atoms with Crippen LogP contribution in [-0.2, 0) is 13.1 Å². The number of rotatable bonds is 4. The lowest BCUT2D eigenvalue weighted by molar-refractivity contribution is 0.123. The maximum Gasteiger partial charge on any atom is 0.0705 e. The van der Waals surface area contributed by atoms with Crippen LogP contribution in [0.4, 0.5) is 0 Å². The van der Waals surface area contributed by atoms with E-state index in [9.17, 15) is 0 Å². The molecular weight excluding hydrogens is 330 g/mol. The lowest BCUT2D eigenvalue weighted by Crippen LogP contribution is -2.43. The van der Waals surface area contributed by atoms with Crippen molar-refractivity contribution in [1.82, 2.24) is 14.8 Å². The minimum absolute atomic E-state index is 0.678. The van der Waals surface area contributed by atoms with Gasteiger partial charge in [-0.25, -0.2) is 0 Å². The molecule has 3 heteroatoms.